The van der Waals surface area contributed by atoms with Crippen molar-refractivity contribution in [2.45, 2.75) is 44.7 Å². The highest BCUT2D eigenvalue weighted by Gasteiger charge is 2.28. The van der Waals surface area contributed by atoms with Gasteiger partial charge in [0.2, 0.25) is 0 Å². The van der Waals surface area contributed by atoms with Gasteiger partial charge in [-0.3, -0.25) is 0 Å². The van der Waals surface area contributed by atoms with Crippen molar-refractivity contribution in [2.75, 3.05) is 0 Å². The van der Waals surface area contributed by atoms with Crippen LogP contribution in [0.2, 0.25) is 15.1 Å². The Hall–Kier alpha value is 0.0500. The maximum absolute atomic E-state index is 6.17. The zero-order chi connectivity index (χ0) is 12.5. The normalized spacial score (nSPS) is 18.6. The van der Waals surface area contributed by atoms with E-state index >= 15 is 0 Å². The van der Waals surface area contributed by atoms with Crippen molar-refractivity contribution in [2.24, 2.45) is 0 Å². The Morgan fingerprint density at radius 1 is 1.12 bits per heavy atom. The molecule has 0 unspecified atom stereocenters. The molecule has 1 aromatic carbocycles. The number of nitrogens with one attached hydrogen (secondary N) is 1. The minimum absolute atomic E-state index is 0.217. The van der Waals surface area contributed by atoms with Crippen molar-refractivity contribution in [3.05, 3.63) is 32.8 Å². The first-order chi connectivity index (χ1) is 8.02. The average molecular weight is 293 g/mol. The lowest BCUT2D eigenvalue weighted by molar-refractivity contribution is 0.363. The van der Waals surface area contributed by atoms with Crippen LogP contribution in [-0.2, 0) is 6.54 Å². The van der Waals surface area contributed by atoms with Gasteiger partial charge in [-0.05, 0) is 31.9 Å². The maximum atomic E-state index is 6.17. The molecule has 17 heavy (non-hydrogen) atoms. The van der Waals surface area contributed by atoms with Crippen LogP contribution >= 0.6 is 34.8 Å². The van der Waals surface area contributed by atoms with E-state index in [1.165, 1.54) is 25.7 Å². The van der Waals surface area contributed by atoms with Crippen molar-refractivity contribution in [3.63, 3.8) is 0 Å². The lowest BCUT2D eigenvalue weighted by Gasteiger charge is -2.26. The Labute approximate surface area is 117 Å². The molecule has 1 nitrogen and oxygen atoms in total. The SMILES string of the molecule is CC1(NCc2c(Cl)ccc(Cl)c2Cl)CCCC1. The van der Waals surface area contributed by atoms with E-state index in [9.17, 15) is 0 Å². The van der Waals surface area contributed by atoms with E-state index in [4.69, 9.17) is 34.8 Å². The third-order valence-corrected chi connectivity index (χ3v) is 4.74. The fourth-order valence-electron chi connectivity index (χ4n) is 2.36. The highest BCUT2D eigenvalue weighted by Crippen LogP contribution is 2.33. The first kappa shape index (κ1) is 13.5. The Balaban J connectivity index is 2.11. The molecular formula is C13H16Cl3N. The van der Waals surface area contributed by atoms with Gasteiger partial charge in [0.05, 0.1) is 10.0 Å². The molecule has 0 amide bonds. The summed E-state index contributed by atoms with van der Waals surface area (Å²) in [6.45, 7) is 2.93. The molecule has 1 aromatic rings. The predicted octanol–water partition coefficient (Wildman–Crippen LogP) is 5.07. The summed E-state index contributed by atoms with van der Waals surface area (Å²) in [7, 11) is 0. The van der Waals surface area contributed by atoms with Crippen LogP contribution in [0.3, 0.4) is 0 Å². The summed E-state index contributed by atoms with van der Waals surface area (Å²) in [5, 5.41) is 5.35. The lowest BCUT2D eigenvalue weighted by atomic mass is 10.0. The summed E-state index contributed by atoms with van der Waals surface area (Å²) in [4.78, 5) is 0. The Morgan fingerprint density at radius 2 is 1.71 bits per heavy atom. The van der Waals surface area contributed by atoms with Crippen LogP contribution in [0.25, 0.3) is 0 Å². The van der Waals surface area contributed by atoms with Crippen molar-refractivity contribution >= 4 is 34.8 Å². The van der Waals surface area contributed by atoms with Gasteiger partial charge < -0.3 is 5.32 Å². The van der Waals surface area contributed by atoms with Crippen LogP contribution in [0.15, 0.2) is 12.1 Å². The molecule has 0 aliphatic heterocycles. The highest BCUT2D eigenvalue weighted by atomic mass is 35.5. The first-order valence-electron chi connectivity index (χ1n) is 5.89. The van der Waals surface area contributed by atoms with Gasteiger partial charge in [0, 0.05) is 22.7 Å². The summed E-state index contributed by atoms with van der Waals surface area (Å²) in [5.41, 5.74) is 1.11. The molecule has 0 aromatic heterocycles. The quantitative estimate of drug-likeness (QED) is 0.767. The molecule has 0 saturated heterocycles. The monoisotopic (exact) mass is 291 g/mol. The molecule has 1 aliphatic carbocycles. The largest absolute Gasteiger partial charge is 0.307 e. The molecule has 0 radical (unpaired) electrons. The number of hydrogen-bond donors (Lipinski definition) is 1. The van der Waals surface area contributed by atoms with E-state index in [0.717, 1.165) is 5.56 Å². The topological polar surface area (TPSA) is 12.0 Å². The van der Waals surface area contributed by atoms with Crippen LogP contribution in [0.1, 0.15) is 38.2 Å². The van der Waals surface area contributed by atoms with E-state index in [1.807, 2.05) is 0 Å². The molecule has 4 heteroatoms. The predicted molar refractivity (Wildman–Crippen MR) is 75.2 cm³/mol. The van der Waals surface area contributed by atoms with E-state index in [-0.39, 0.29) is 5.54 Å². The molecule has 1 saturated carbocycles. The van der Waals surface area contributed by atoms with Crippen LogP contribution in [0.5, 0.6) is 0 Å². The maximum Gasteiger partial charge on any atom is 0.0652 e. The van der Waals surface area contributed by atoms with Crippen molar-refractivity contribution in [3.8, 4) is 0 Å². The molecule has 1 fully saturated rings. The zero-order valence-corrected chi connectivity index (χ0v) is 12.1. The molecule has 1 aliphatic rings. The molecule has 2 rings (SSSR count). The van der Waals surface area contributed by atoms with Gasteiger partial charge in [-0.2, -0.15) is 0 Å². The van der Waals surface area contributed by atoms with E-state index in [1.54, 1.807) is 12.1 Å². The molecule has 94 valence electrons. The second-order valence-corrected chi connectivity index (χ2v) is 6.14. The van der Waals surface area contributed by atoms with Crippen LogP contribution < -0.4 is 5.32 Å². The van der Waals surface area contributed by atoms with Gasteiger partial charge in [-0.15, -0.1) is 0 Å². The highest BCUT2D eigenvalue weighted by molar-refractivity contribution is 6.44. The van der Waals surface area contributed by atoms with Gasteiger partial charge in [-0.25, -0.2) is 0 Å². The lowest BCUT2D eigenvalue weighted by Crippen LogP contribution is -2.38. The average Bonchev–Trinajstić information content (AvgIpc) is 2.71. The van der Waals surface area contributed by atoms with E-state index in [2.05, 4.69) is 12.2 Å². The molecule has 0 bridgehead atoms. The Morgan fingerprint density at radius 3 is 2.35 bits per heavy atom. The smallest absolute Gasteiger partial charge is 0.0652 e. The standard InChI is InChI=1S/C13H16Cl3N/c1-13(6-2-3-7-13)17-8-9-10(14)4-5-11(15)12(9)16/h4-5,17H,2-3,6-8H2,1H3. The van der Waals surface area contributed by atoms with Crippen molar-refractivity contribution < 1.29 is 0 Å². The summed E-state index contributed by atoms with van der Waals surface area (Å²) < 4.78 is 0. The molecule has 1 N–H and O–H groups in total. The zero-order valence-electron chi connectivity index (χ0n) is 9.82. The van der Waals surface area contributed by atoms with E-state index in [0.29, 0.717) is 21.6 Å². The number of hydrogen-bond acceptors (Lipinski definition) is 1. The first-order valence-corrected chi connectivity index (χ1v) is 7.03. The summed E-state index contributed by atoms with van der Waals surface area (Å²) in [6.07, 6.45) is 5.01. The van der Waals surface area contributed by atoms with Gasteiger partial charge in [0.1, 0.15) is 0 Å². The van der Waals surface area contributed by atoms with E-state index < -0.39 is 0 Å². The van der Waals surface area contributed by atoms with Gasteiger partial charge >= 0.3 is 0 Å². The van der Waals surface area contributed by atoms with Crippen molar-refractivity contribution in [1.29, 1.82) is 0 Å². The third kappa shape index (κ3) is 3.08. The Bertz CT molecular complexity index is 411. The summed E-state index contributed by atoms with van der Waals surface area (Å²) in [5.74, 6) is 0. The summed E-state index contributed by atoms with van der Waals surface area (Å²) >= 11 is 18.3. The molecule has 0 spiro atoms. The van der Waals surface area contributed by atoms with Crippen LogP contribution in [-0.4, -0.2) is 5.54 Å². The fraction of sp³-hybridized carbons (Fsp3) is 0.538. The third-order valence-electron chi connectivity index (χ3n) is 3.54. The second kappa shape index (κ2) is 5.36. The minimum atomic E-state index is 0.217. The molecule has 0 heterocycles. The number of benzene rings is 1. The van der Waals surface area contributed by atoms with Crippen molar-refractivity contribution in [1.82, 2.24) is 5.32 Å². The van der Waals surface area contributed by atoms with Crippen LogP contribution in [0.4, 0.5) is 0 Å². The summed E-state index contributed by atoms with van der Waals surface area (Å²) in [6, 6.07) is 3.52. The second-order valence-electron chi connectivity index (χ2n) is 4.94. The van der Waals surface area contributed by atoms with Gasteiger partial charge in [0.25, 0.3) is 0 Å². The number of rotatable bonds is 3. The van der Waals surface area contributed by atoms with Crippen LogP contribution in [0, 0.1) is 0 Å². The fourth-order valence-corrected chi connectivity index (χ4v) is 3.05. The number of halogens is 3. The molecule has 0 atom stereocenters. The van der Waals surface area contributed by atoms with Gasteiger partial charge in [-0.1, -0.05) is 47.6 Å². The molecular weight excluding hydrogens is 277 g/mol. The Kier molecular flexibility index (Phi) is 4.25. The minimum Gasteiger partial charge on any atom is -0.307 e. The van der Waals surface area contributed by atoms with Gasteiger partial charge in [0.15, 0.2) is 0 Å².